The van der Waals surface area contributed by atoms with E-state index in [9.17, 15) is 4.79 Å². The van der Waals surface area contributed by atoms with Gasteiger partial charge in [0.2, 0.25) is 5.95 Å². The summed E-state index contributed by atoms with van der Waals surface area (Å²) in [5, 5.41) is 3.13. The quantitative estimate of drug-likeness (QED) is 0.718. The normalized spacial score (nSPS) is 12.2. The number of nitrogens with zero attached hydrogens (tertiary/aromatic N) is 2. The standard InChI is InChI=1S/C14H15BrN4O/c1-14(2,3)11-10(15)12(20)19(18-11)13-16-8-6-4-5-7-9(8)17-13/h4-7,18H,1-3H3,(H,16,17). The van der Waals surface area contributed by atoms with Crippen LogP contribution in [0.4, 0.5) is 0 Å². The summed E-state index contributed by atoms with van der Waals surface area (Å²) in [7, 11) is 0. The molecule has 3 rings (SSSR count). The van der Waals surface area contributed by atoms with Crippen LogP contribution in [0.15, 0.2) is 33.5 Å². The fourth-order valence-corrected chi connectivity index (χ4v) is 2.97. The van der Waals surface area contributed by atoms with Crippen molar-refractivity contribution in [1.29, 1.82) is 0 Å². The molecule has 2 aromatic heterocycles. The number of aromatic amines is 2. The van der Waals surface area contributed by atoms with Gasteiger partial charge in [-0.15, -0.1) is 0 Å². The van der Waals surface area contributed by atoms with Gasteiger partial charge in [-0.3, -0.25) is 9.89 Å². The molecular weight excluding hydrogens is 320 g/mol. The summed E-state index contributed by atoms with van der Waals surface area (Å²) in [6.45, 7) is 6.14. The Balaban J connectivity index is 2.22. The smallest absolute Gasteiger partial charge is 0.288 e. The maximum absolute atomic E-state index is 12.3. The van der Waals surface area contributed by atoms with Crippen LogP contribution in [0.25, 0.3) is 17.0 Å². The second kappa shape index (κ2) is 4.34. The minimum Gasteiger partial charge on any atom is -0.322 e. The van der Waals surface area contributed by atoms with Crippen molar-refractivity contribution in [1.82, 2.24) is 19.7 Å². The molecule has 0 spiro atoms. The van der Waals surface area contributed by atoms with E-state index < -0.39 is 0 Å². The van der Waals surface area contributed by atoms with Crippen LogP contribution in [0.5, 0.6) is 0 Å². The van der Waals surface area contributed by atoms with Crippen molar-refractivity contribution in [2.45, 2.75) is 26.2 Å². The van der Waals surface area contributed by atoms with Gasteiger partial charge in [0.25, 0.3) is 5.56 Å². The van der Waals surface area contributed by atoms with E-state index in [-0.39, 0.29) is 11.0 Å². The molecule has 0 aliphatic rings. The predicted molar refractivity (Wildman–Crippen MR) is 82.4 cm³/mol. The predicted octanol–water partition coefficient (Wildman–Crippen LogP) is 3.10. The Bertz CT molecular complexity index is 802. The largest absolute Gasteiger partial charge is 0.322 e. The molecule has 0 unspecified atom stereocenters. The van der Waals surface area contributed by atoms with Crippen LogP contribution in [-0.4, -0.2) is 19.7 Å². The summed E-state index contributed by atoms with van der Waals surface area (Å²) in [6.07, 6.45) is 0. The van der Waals surface area contributed by atoms with Crippen LogP contribution in [0, 0.1) is 0 Å². The third kappa shape index (κ3) is 2.00. The van der Waals surface area contributed by atoms with E-state index in [1.54, 1.807) is 0 Å². The zero-order chi connectivity index (χ0) is 14.5. The highest BCUT2D eigenvalue weighted by Crippen LogP contribution is 2.26. The number of halogens is 1. The fourth-order valence-electron chi connectivity index (χ4n) is 2.11. The van der Waals surface area contributed by atoms with Gasteiger partial charge in [-0.05, 0) is 28.1 Å². The van der Waals surface area contributed by atoms with Crippen LogP contribution < -0.4 is 5.56 Å². The number of rotatable bonds is 1. The lowest BCUT2D eigenvalue weighted by Crippen LogP contribution is -2.16. The highest BCUT2D eigenvalue weighted by atomic mass is 79.9. The Kier molecular flexibility index (Phi) is 2.86. The highest BCUT2D eigenvalue weighted by molar-refractivity contribution is 9.10. The SMILES string of the molecule is CC(C)(C)c1[nH]n(-c2nc3ccccc3[nH]2)c(=O)c1Br. The van der Waals surface area contributed by atoms with Crippen LogP contribution in [0.1, 0.15) is 26.5 Å². The van der Waals surface area contributed by atoms with Crippen molar-refractivity contribution in [2.75, 3.05) is 0 Å². The molecule has 0 aliphatic carbocycles. The second-order valence-corrected chi connectivity index (χ2v) is 6.56. The topological polar surface area (TPSA) is 66.5 Å². The lowest BCUT2D eigenvalue weighted by atomic mass is 9.93. The summed E-state index contributed by atoms with van der Waals surface area (Å²) in [5.41, 5.74) is 2.28. The van der Waals surface area contributed by atoms with E-state index in [1.807, 2.05) is 45.0 Å². The first-order valence-corrected chi connectivity index (χ1v) is 7.13. The molecule has 6 heteroatoms. The summed E-state index contributed by atoms with van der Waals surface area (Å²) in [4.78, 5) is 19.9. The van der Waals surface area contributed by atoms with E-state index in [0.717, 1.165) is 16.7 Å². The maximum Gasteiger partial charge on any atom is 0.288 e. The molecule has 0 fully saturated rings. The second-order valence-electron chi connectivity index (χ2n) is 5.77. The van der Waals surface area contributed by atoms with E-state index in [2.05, 4.69) is 31.0 Å². The van der Waals surface area contributed by atoms with Gasteiger partial charge < -0.3 is 4.98 Å². The van der Waals surface area contributed by atoms with Gasteiger partial charge in [0, 0.05) is 5.41 Å². The number of nitrogens with one attached hydrogen (secondary N) is 2. The first-order valence-electron chi connectivity index (χ1n) is 6.34. The maximum atomic E-state index is 12.3. The Morgan fingerprint density at radius 2 is 1.95 bits per heavy atom. The zero-order valence-electron chi connectivity index (χ0n) is 11.5. The number of H-pyrrole nitrogens is 2. The van der Waals surface area contributed by atoms with Gasteiger partial charge in [0.05, 0.1) is 16.7 Å². The molecule has 3 aromatic rings. The Morgan fingerprint density at radius 3 is 2.55 bits per heavy atom. The molecule has 0 saturated heterocycles. The summed E-state index contributed by atoms with van der Waals surface area (Å²) in [5.74, 6) is 0.493. The van der Waals surface area contributed by atoms with Crippen molar-refractivity contribution in [3.05, 3.63) is 44.8 Å². The first kappa shape index (κ1) is 13.2. The number of fused-ring (bicyclic) bond motifs is 1. The molecular formula is C14H15BrN4O. The van der Waals surface area contributed by atoms with Crippen LogP contribution in [-0.2, 0) is 5.41 Å². The Morgan fingerprint density at radius 1 is 1.25 bits per heavy atom. The number of aromatic nitrogens is 4. The average molecular weight is 335 g/mol. The summed E-state index contributed by atoms with van der Waals surface area (Å²) in [6, 6.07) is 7.68. The van der Waals surface area contributed by atoms with Crippen molar-refractivity contribution in [2.24, 2.45) is 0 Å². The van der Waals surface area contributed by atoms with Gasteiger partial charge in [-0.25, -0.2) is 4.98 Å². The van der Waals surface area contributed by atoms with Crippen LogP contribution >= 0.6 is 15.9 Å². The molecule has 0 radical (unpaired) electrons. The molecule has 0 aliphatic heterocycles. The van der Waals surface area contributed by atoms with Gasteiger partial charge in [-0.2, -0.15) is 4.68 Å². The number of imidazole rings is 1. The Labute approximate surface area is 124 Å². The number of benzene rings is 1. The molecule has 5 nitrogen and oxygen atoms in total. The molecule has 0 atom stereocenters. The molecule has 20 heavy (non-hydrogen) atoms. The average Bonchev–Trinajstić information content (AvgIpc) is 2.91. The fraction of sp³-hybridized carbons (Fsp3) is 0.286. The first-order chi connectivity index (χ1) is 9.38. The minimum atomic E-state index is -0.157. The van der Waals surface area contributed by atoms with E-state index in [4.69, 9.17) is 0 Å². The van der Waals surface area contributed by atoms with Gasteiger partial charge in [-0.1, -0.05) is 32.9 Å². The molecule has 2 heterocycles. The monoisotopic (exact) mass is 334 g/mol. The number of hydrogen-bond acceptors (Lipinski definition) is 2. The van der Waals surface area contributed by atoms with Gasteiger partial charge in [0.15, 0.2) is 0 Å². The van der Waals surface area contributed by atoms with E-state index >= 15 is 0 Å². The molecule has 0 bridgehead atoms. The summed E-state index contributed by atoms with van der Waals surface area (Å²) < 4.78 is 1.98. The molecule has 104 valence electrons. The number of hydrogen-bond donors (Lipinski definition) is 2. The third-order valence-corrected chi connectivity index (χ3v) is 3.91. The van der Waals surface area contributed by atoms with Crippen molar-refractivity contribution < 1.29 is 0 Å². The highest BCUT2D eigenvalue weighted by Gasteiger charge is 2.24. The van der Waals surface area contributed by atoms with E-state index in [1.165, 1.54) is 4.68 Å². The van der Waals surface area contributed by atoms with E-state index in [0.29, 0.717) is 10.4 Å². The van der Waals surface area contributed by atoms with Crippen molar-refractivity contribution in [3.8, 4) is 5.95 Å². The molecule has 1 aromatic carbocycles. The molecule has 2 N–H and O–H groups in total. The zero-order valence-corrected chi connectivity index (χ0v) is 13.1. The lowest BCUT2D eigenvalue weighted by molar-refractivity contribution is 0.556. The lowest BCUT2D eigenvalue weighted by Gasteiger charge is -2.16. The Hall–Kier alpha value is -1.82. The van der Waals surface area contributed by atoms with Crippen LogP contribution in [0.2, 0.25) is 0 Å². The molecule has 0 amide bonds. The van der Waals surface area contributed by atoms with Crippen molar-refractivity contribution in [3.63, 3.8) is 0 Å². The third-order valence-electron chi connectivity index (χ3n) is 3.17. The van der Waals surface area contributed by atoms with Gasteiger partial charge >= 0.3 is 0 Å². The van der Waals surface area contributed by atoms with Gasteiger partial charge in [0.1, 0.15) is 4.47 Å². The summed E-state index contributed by atoms with van der Waals surface area (Å²) >= 11 is 3.37. The van der Waals surface area contributed by atoms with Crippen molar-refractivity contribution >= 4 is 27.0 Å². The minimum absolute atomic E-state index is 0.144. The number of para-hydroxylation sites is 2. The van der Waals surface area contributed by atoms with Crippen LogP contribution in [0.3, 0.4) is 0 Å². The molecule has 0 saturated carbocycles.